The van der Waals surface area contributed by atoms with E-state index in [9.17, 15) is 9.59 Å². The summed E-state index contributed by atoms with van der Waals surface area (Å²) < 4.78 is 10.2. The SMILES string of the molecule is COC(=O)c1ccc(C(=O)Nc2ccc(OC(C)C)c(Cl)c2)cc1. The molecule has 0 aromatic heterocycles. The summed E-state index contributed by atoms with van der Waals surface area (Å²) in [7, 11) is 1.30. The van der Waals surface area contributed by atoms with Crippen LogP contribution in [0.4, 0.5) is 5.69 Å². The van der Waals surface area contributed by atoms with Crippen molar-refractivity contribution in [3.63, 3.8) is 0 Å². The van der Waals surface area contributed by atoms with Crippen LogP contribution in [0.25, 0.3) is 0 Å². The zero-order valence-corrected chi connectivity index (χ0v) is 14.4. The highest BCUT2D eigenvalue weighted by molar-refractivity contribution is 6.32. The fourth-order valence-electron chi connectivity index (χ4n) is 2.01. The number of rotatable bonds is 5. The Kier molecular flexibility index (Phi) is 5.82. The standard InChI is InChI=1S/C18H18ClNO4/c1-11(2)24-16-9-8-14(10-15(16)19)20-17(21)12-4-6-13(7-5-12)18(22)23-3/h4-11H,1-3H3,(H,20,21). The molecule has 6 heteroatoms. The predicted octanol–water partition coefficient (Wildman–Crippen LogP) is 4.17. The third-order valence-electron chi connectivity index (χ3n) is 3.12. The Balaban J connectivity index is 2.09. The number of halogens is 1. The molecule has 24 heavy (non-hydrogen) atoms. The second-order valence-corrected chi connectivity index (χ2v) is 5.74. The third-order valence-corrected chi connectivity index (χ3v) is 3.42. The summed E-state index contributed by atoms with van der Waals surface area (Å²) in [4.78, 5) is 23.6. The van der Waals surface area contributed by atoms with E-state index < -0.39 is 5.97 Å². The van der Waals surface area contributed by atoms with Crippen molar-refractivity contribution in [1.82, 2.24) is 0 Å². The minimum atomic E-state index is -0.450. The van der Waals surface area contributed by atoms with Crippen LogP contribution >= 0.6 is 11.6 Å². The lowest BCUT2D eigenvalue weighted by molar-refractivity contribution is 0.0600. The molecule has 126 valence electrons. The molecule has 0 radical (unpaired) electrons. The molecule has 1 N–H and O–H groups in total. The average molecular weight is 348 g/mol. The van der Waals surface area contributed by atoms with Crippen molar-refractivity contribution in [2.24, 2.45) is 0 Å². The van der Waals surface area contributed by atoms with E-state index in [4.69, 9.17) is 16.3 Å². The summed E-state index contributed by atoms with van der Waals surface area (Å²) in [6.45, 7) is 3.81. The lowest BCUT2D eigenvalue weighted by Gasteiger charge is -2.12. The first kappa shape index (κ1) is 17.8. The van der Waals surface area contributed by atoms with Crippen LogP contribution < -0.4 is 10.1 Å². The van der Waals surface area contributed by atoms with Gasteiger partial charge in [0.15, 0.2) is 0 Å². The minimum absolute atomic E-state index is 0.0104. The molecule has 0 bridgehead atoms. The number of amides is 1. The number of carbonyl (C=O) groups is 2. The number of nitrogens with one attached hydrogen (secondary N) is 1. The minimum Gasteiger partial charge on any atom is -0.489 e. The Bertz CT molecular complexity index is 741. The van der Waals surface area contributed by atoms with Crippen LogP contribution in [0, 0.1) is 0 Å². The third kappa shape index (κ3) is 4.49. The highest BCUT2D eigenvalue weighted by Gasteiger charge is 2.11. The van der Waals surface area contributed by atoms with E-state index in [1.54, 1.807) is 30.3 Å². The van der Waals surface area contributed by atoms with Gasteiger partial charge in [-0.2, -0.15) is 0 Å². The van der Waals surface area contributed by atoms with Gasteiger partial charge in [0.2, 0.25) is 0 Å². The molecule has 2 aromatic carbocycles. The molecular weight excluding hydrogens is 330 g/mol. The van der Waals surface area contributed by atoms with Gasteiger partial charge in [-0.25, -0.2) is 4.79 Å². The van der Waals surface area contributed by atoms with Crippen LogP contribution in [0.2, 0.25) is 5.02 Å². The number of hydrogen-bond donors (Lipinski definition) is 1. The van der Waals surface area contributed by atoms with Crippen molar-refractivity contribution in [1.29, 1.82) is 0 Å². The van der Waals surface area contributed by atoms with E-state index in [0.29, 0.717) is 27.6 Å². The summed E-state index contributed by atoms with van der Waals surface area (Å²) in [5, 5.41) is 3.17. The molecule has 0 aliphatic carbocycles. The van der Waals surface area contributed by atoms with Crippen molar-refractivity contribution in [3.8, 4) is 5.75 Å². The highest BCUT2D eigenvalue weighted by Crippen LogP contribution is 2.28. The number of anilines is 1. The lowest BCUT2D eigenvalue weighted by Crippen LogP contribution is -2.12. The molecule has 0 unspecified atom stereocenters. The quantitative estimate of drug-likeness (QED) is 0.824. The molecule has 0 saturated carbocycles. The highest BCUT2D eigenvalue weighted by atomic mass is 35.5. The summed E-state index contributed by atoms with van der Waals surface area (Å²) >= 11 is 6.15. The number of benzene rings is 2. The normalized spacial score (nSPS) is 10.4. The number of ether oxygens (including phenoxy) is 2. The number of methoxy groups -OCH3 is 1. The van der Waals surface area contributed by atoms with Gasteiger partial charge in [-0.15, -0.1) is 0 Å². The molecule has 2 rings (SSSR count). The van der Waals surface area contributed by atoms with Gasteiger partial charge in [-0.3, -0.25) is 4.79 Å². The van der Waals surface area contributed by atoms with E-state index in [1.165, 1.54) is 19.2 Å². The Morgan fingerprint density at radius 3 is 2.21 bits per heavy atom. The van der Waals surface area contributed by atoms with Crippen LogP contribution in [0.3, 0.4) is 0 Å². The molecule has 0 saturated heterocycles. The number of esters is 1. The van der Waals surface area contributed by atoms with Crippen LogP contribution in [0.5, 0.6) is 5.75 Å². The fourth-order valence-corrected chi connectivity index (χ4v) is 2.23. The summed E-state index contributed by atoms with van der Waals surface area (Å²) in [6, 6.07) is 11.2. The Hall–Kier alpha value is -2.53. The molecule has 2 aromatic rings. The van der Waals surface area contributed by atoms with E-state index in [1.807, 2.05) is 13.8 Å². The molecule has 1 amide bonds. The largest absolute Gasteiger partial charge is 0.489 e. The first-order chi connectivity index (χ1) is 11.4. The van der Waals surface area contributed by atoms with Crippen molar-refractivity contribution in [2.75, 3.05) is 12.4 Å². The van der Waals surface area contributed by atoms with Crippen molar-refractivity contribution in [3.05, 3.63) is 58.6 Å². The molecule has 0 heterocycles. The monoisotopic (exact) mass is 347 g/mol. The molecule has 5 nitrogen and oxygen atoms in total. The second-order valence-electron chi connectivity index (χ2n) is 5.33. The van der Waals surface area contributed by atoms with Gasteiger partial charge < -0.3 is 14.8 Å². The number of hydrogen-bond acceptors (Lipinski definition) is 4. The molecule has 0 aliphatic rings. The van der Waals surface area contributed by atoms with Gasteiger partial charge in [0.05, 0.1) is 23.8 Å². The second kappa shape index (κ2) is 7.84. The Morgan fingerprint density at radius 2 is 1.67 bits per heavy atom. The lowest BCUT2D eigenvalue weighted by atomic mass is 10.1. The maximum atomic E-state index is 12.2. The van der Waals surface area contributed by atoms with Crippen molar-refractivity contribution < 1.29 is 19.1 Å². The van der Waals surface area contributed by atoms with Gasteiger partial charge in [0.25, 0.3) is 5.91 Å². The van der Waals surface area contributed by atoms with E-state index in [-0.39, 0.29) is 12.0 Å². The Labute approximate surface area is 145 Å². The summed E-state index contributed by atoms with van der Waals surface area (Å²) in [5.74, 6) is -0.193. The average Bonchev–Trinajstić information content (AvgIpc) is 2.56. The first-order valence-electron chi connectivity index (χ1n) is 7.36. The zero-order chi connectivity index (χ0) is 17.7. The van der Waals surface area contributed by atoms with Gasteiger partial charge in [-0.05, 0) is 56.3 Å². The van der Waals surface area contributed by atoms with Crippen LogP contribution in [-0.2, 0) is 4.74 Å². The maximum absolute atomic E-state index is 12.2. The molecule has 0 aliphatic heterocycles. The van der Waals surface area contributed by atoms with Crippen LogP contribution in [0.15, 0.2) is 42.5 Å². The fraction of sp³-hybridized carbons (Fsp3) is 0.222. The van der Waals surface area contributed by atoms with Gasteiger partial charge >= 0.3 is 5.97 Å². The molecule has 0 atom stereocenters. The molecular formula is C18H18ClNO4. The first-order valence-corrected chi connectivity index (χ1v) is 7.74. The van der Waals surface area contributed by atoms with E-state index in [0.717, 1.165) is 0 Å². The zero-order valence-electron chi connectivity index (χ0n) is 13.6. The molecule has 0 fully saturated rings. The smallest absolute Gasteiger partial charge is 0.337 e. The topological polar surface area (TPSA) is 64.6 Å². The van der Waals surface area contributed by atoms with E-state index in [2.05, 4.69) is 10.1 Å². The van der Waals surface area contributed by atoms with Gasteiger partial charge in [-0.1, -0.05) is 11.6 Å². The van der Waals surface area contributed by atoms with Crippen molar-refractivity contribution in [2.45, 2.75) is 20.0 Å². The van der Waals surface area contributed by atoms with Crippen LogP contribution in [0.1, 0.15) is 34.6 Å². The van der Waals surface area contributed by atoms with Crippen LogP contribution in [-0.4, -0.2) is 25.1 Å². The Morgan fingerprint density at radius 1 is 1.04 bits per heavy atom. The number of carbonyl (C=O) groups excluding carboxylic acids is 2. The predicted molar refractivity (Wildman–Crippen MR) is 93.0 cm³/mol. The van der Waals surface area contributed by atoms with Gasteiger partial charge in [0, 0.05) is 11.3 Å². The van der Waals surface area contributed by atoms with E-state index >= 15 is 0 Å². The molecule has 0 spiro atoms. The van der Waals surface area contributed by atoms with Gasteiger partial charge in [0.1, 0.15) is 5.75 Å². The summed E-state index contributed by atoms with van der Waals surface area (Å²) in [6.07, 6.45) is 0.0104. The summed E-state index contributed by atoms with van der Waals surface area (Å²) in [5.41, 5.74) is 1.35. The van der Waals surface area contributed by atoms with Crippen molar-refractivity contribution >= 4 is 29.2 Å². The maximum Gasteiger partial charge on any atom is 0.337 e.